The lowest BCUT2D eigenvalue weighted by Crippen LogP contribution is -2.60. The highest BCUT2D eigenvalue weighted by molar-refractivity contribution is 5.92. The van der Waals surface area contributed by atoms with E-state index in [4.69, 9.17) is 0 Å². The Kier molecular flexibility index (Phi) is 3.64. The van der Waals surface area contributed by atoms with Gasteiger partial charge in [-0.1, -0.05) is 0 Å². The summed E-state index contributed by atoms with van der Waals surface area (Å²) >= 11 is 0. The smallest absolute Gasteiger partial charge is 0.170 e. The molecular formula is C10H21N3O. The van der Waals surface area contributed by atoms with E-state index in [-0.39, 0.29) is 11.8 Å². The summed E-state index contributed by atoms with van der Waals surface area (Å²) in [6.45, 7) is 6.50. The van der Waals surface area contributed by atoms with Gasteiger partial charge in [-0.2, -0.15) is 0 Å². The largest absolute Gasteiger partial charge is 0.313 e. The molecule has 0 aliphatic carbocycles. The molecule has 1 heterocycles. The van der Waals surface area contributed by atoms with Gasteiger partial charge in [0, 0.05) is 19.6 Å². The Labute approximate surface area is 86.0 Å². The van der Waals surface area contributed by atoms with Crippen molar-refractivity contribution in [1.29, 1.82) is 0 Å². The average Bonchev–Trinajstić information content (AvgIpc) is 2.17. The summed E-state index contributed by atoms with van der Waals surface area (Å²) in [5.74, 6) is 0.259. The first-order valence-corrected chi connectivity index (χ1v) is 5.12. The molecule has 1 rings (SSSR count). The van der Waals surface area contributed by atoms with Crippen LogP contribution in [0.4, 0.5) is 0 Å². The molecule has 4 heteroatoms. The fourth-order valence-electron chi connectivity index (χ4n) is 1.49. The van der Waals surface area contributed by atoms with Gasteiger partial charge >= 0.3 is 0 Å². The molecule has 1 aliphatic heterocycles. The van der Waals surface area contributed by atoms with E-state index in [1.807, 2.05) is 32.8 Å². The first-order valence-electron chi connectivity index (χ1n) is 5.12. The lowest BCUT2D eigenvalue weighted by Gasteiger charge is -2.36. The molecule has 0 spiro atoms. The number of likely N-dealkylation sites (N-methyl/N-ethyl adjacent to an activating group) is 1. The normalized spacial score (nSPS) is 23.9. The number of Topliss-reactive ketones (excluding diaryl/α,β-unsaturated/α-hetero) is 1. The number of carbonyl (C=O) groups is 1. The van der Waals surface area contributed by atoms with Gasteiger partial charge in [-0.05, 0) is 27.9 Å². The Bertz CT molecular complexity index is 207. The third kappa shape index (κ3) is 2.32. The van der Waals surface area contributed by atoms with E-state index in [9.17, 15) is 4.79 Å². The van der Waals surface area contributed by atoms with Crippen LogP contribution < -0.4 is 10.6 Å². The van der Waals surface area contributed by atoms with E-state index in [1.165, 1.54) is 0 Å². The van der Waals surface area contributed by atoms with Crippen LogP contribution in [0.2, 0.25) is 0 Å². The fourth-order valence-corrected chi connectivity index (χ4v) is 1.49. The summed E-state index contributed by atoms with van der Waals surface area (Å²) in [6, 6.07) is -0.0406. The molecule has 82 valence electrons. The number of nitrogens with zero attached hydrogens (tertiary/aromatic N) is 1. The summed E-state index contributed by atoms with van der Waals surface area (Å²) in [5.41, 5.74) is -0.392. The van der Waals surface area contributed by atoms with Crippen molar-refractivity contribution in [3.05, 3.63) is 0 Å². The topological polar surface area (TPSA) is 44.4 Å². The van der Waals surface area contributed by atoms with E-state index >= 15 is 0 Å². The van der Waals surface area contributed by atoms with Gasteiger partial charge in [0.25, 0.3) is 0 Å². The van der Waals surface area contributed by atoms with Gasteiger partial charge in [0.15, 0.2) is 5.78 Å². The van der Waals surface area contributed by atoms with Crippen LogP contribution in [0.15, 0.2) is 0 Å². The third-order valence-corrected chi connectivity index (χ3v) is 3.08. The van der Waals surface area contributed by atoms with Crippen LogP contribution in [0.25, 0.3) is 0 Å². The summed E-state index contributed by atoms with van der Waals surface area (Å²) in [5, 5.41) is 6.47. The number of piperazine rings is 1. The first-order chi connectivity index (χ1) is 6.46. The summed E-state index contributed by atoms with van der Waals surface area (Å²) in [4.78, 5) is 14.1. The molecule has 0 radical (unpaired) electrons. The van der Waals surface area contributed by atoms with Gasteiger partial charge < -0.3 is 10.6 Å². The molecule has 1 fully saturated rings. The molecule has 0 amide bonds. The second-order valence-corrected chi connectivity index (χ2v) is 4.53. The van der Waals surface area contributed by atoms with Gasteiger partial charge in [0.1, 0.15) is 0 Å². The van der Waals surface area contributed by atoms with Gasteiger partial charge in [-0.15, -0.1) is 0 Å². The van der Waals surface area contributed by atoms with Crippen LogP contribution in [0, 0.1) is 0 Å². The molecule has 1 atom stereocenters. The van der Waals surface area contributed by atoms with Crippen LogP contribution in [-0.4, -0.2) is 56.0 Å². The quantitative estimate of drug-likeness (QED) is 0.640. The molecule has 2 N–H and O–H groups in total. The Morgan fingerprint density at radius 1 is 1.36 bits per heavy atom. The lowest BCUT2D eigenvalue weighted by molar-refractivity contribution is -0.130. The maximum Gasteiger partial charge on any atom is 0.170 e. The monoisotopic (exact) mass is 199 g/mol. The molecule has 0 aromatic rings. The van der Waals surface area contributed by atoms with Crippen molar-refractivity contribution in [2.24, 2.45) is 0 Å². The maximum absolute atomic E-state index is 12.1. The van der Waals surface area contributed by atoms with Crippen molar-refractivity contribution in [3.8, 4) is 0 Å². The number of hydrogen-bond acceptors (Lipinski definition) is 4. The SMILES string of the molecule is CN(C)C(C)(C)C(=O)C1CNCCN1. The van der Waals surface area contributed by atoms with Gasteiger partial charge in [0.05, 0.1) is 11.6 Å². The van der Waals surface area contributed by atoms with Gasteiger partial charge in [-0.25, -0.2) is 0 Å². The molecule has 1 unspecified atom stereocenters. The molecule has 0 aromatic carbocycles. The van der Waals surface area contributed by atoms with Crippen molar-refractivity contribution >= 4 is 5.78 Å². The minimum Gasteiger partial charge on any atom is -0.313 e. The number of rotatable bonds is 3. The molecule has 0 saturated carbocycles. The molecule has 1 aliphatic rings. The zero-order valence-corrected chi connectivity index (χ0v) is 9.55. The van der Waals surface area contributed by atoms with Crippen molar-refractivity contribution < 1.29 is 4.79 Å². The van der Waals surface area contributed by atoms with E-state index in [1.54, 1.807) is 0 Å². The highest BCUT2D eigenvalue weighted by atomic mass is 16.1. The number of nitrogens with one attached hydrogen (secondary N) is 2. The molecule has 1 saturated heterocycles. The number of carbonyl (C=O) groups excluding carboxylic acids is 1. The van der Waals surface area contributed by atoms with Gasteiger partial charge in [0.2, 0.25) is 0 Å². The van der Waals surface area contributed by atoms with E-state index in [0.29, 0.717) is 0 Å². The number of ketones is 1. The zero-order chi connectivity index (χ0) is 10.8. The minimum absolute atomic E-state index is 0.0406. The zero-order valence-electron chi connectivity index (χ0n) is 9.55. The highest BCUT2D eigenvalue weighted by Crippen LogP contribution is 2.14. The molecule has 0 aromatic heterocycles. The van der Waals surface area contributed by atoms with E-state index in [2.05, 4.69) is 10.6 Å². The predicted molar refractivity (Wildman–Crippen MR) is 57.4 cm³/mol. The second-order valence-electron chi connectivity index (χ2n) is 4.53. The van der Waals surface area contributed by atoms with Crippen molar-refractivity contribution in [2.75, 3.05) is 33.7 Å². The maximum atomic E-state index is 12.1. The second kappa shape index (κ2) is 4.38. The fraction of sp³-hybridized carbons (Fsp3) is 0.900. The molecule has 14 heavy (non-hydrogen) atoms. The summed E-state index contributed by atoms with van der Waals surface area (Å²) < 4.78 is 0. The van der Waals surface area contributed by atoms with Crippen LogP contribution in [0.5, 0.6) is 0 Å². The highest BCUT2D eigenvalue weighted by Gasteiger charge is 2.35. The minimum atomic E-state index is -0.392. The van der Waals surface area contributed by atoms with Crippen LogP contribution >= 0.6 is 0 Å². The third-order valence-electron chi connectivity index (χ3n) is 3.08. The summed E-state index contributed by atoms with van der Waals surface area (Å²) in [7, 11) is 3.88. The van der Waals surface area contributed by atoms with E-state index < -0.39 is 5.54 Å². The Morgan fingerprint density at radius 2 is 2.00 bits per heavy atom. The average molecular weight is 199 g/mol. The molecule has 4 nitrogen and oxygen atoms in total. The summed E-state index contributed by atoms with van der Waals surface area (Å²) in [6.07, 6.45) is 0. The van der Waals surface area contributed by atoms with Crippen molar-refractivity contribution in [1.82, 2.24) is 15.5 Å². The molecular weight excluding hydrogens is 178 g/mol. The predicted octanol–water partition coefficient (Wildman–Crippen LogP) is -0.543. The van der Waals surface area contributed by atoms with Gasteiger partial charge in [-0.3, -0.25) is 9.69 Å². The molecule has 0 bridgehead atoms. The lowest BCUT2D eigenvalue weighted by atomic mass is 9.91. The van der Waals surface area contributed by atoms with E-state index in [0.717, 1.165) is 19.6 Å². The number of hydrogen-bond donors (Lipinski definition) is 2. The standard InChI is InChI=1S/C10H21N3O/c1-10(2,13(3)4)9(14)8-7-11-5-6-12-8/h8,11-12H,5-7H2,1-4H3. The van der Waals surface area contributed by atoms with Crippen molar-refractivity contribution in [3.63, 3.8) is 0 Å². The van der Waals surface area contributed by atoms with Crippen LogP contribution in [0.1, 0.15) is 13.8 Å². The Balaban J connectivity index is 2.63. The van der Waals surface area contributed by atoms with Crippen LogP contribution in [-0.2, 0) is 4.79 Å². The Hall–Kier alpha value is -0.450. The van der Waals surface area contributed by atoms with Crippen LogP contribution in [0.3, 0.4) is 0 Å². The van der Waals surface area contributed by atoms with Crippen molar-refractivity contribution in [2.45, 2.75) is 25.4 Å². The first kappa shape index (κ1) is 11.6. The Morgan fingerprint density at radius 3 is 2.43 bits per heavy atom.